The number of aryl methyl sites for hydroxylation is 1. The van der Waals surface area contributed by atoms with Crippen molar-refractivity contribution in [1.82, 2.24) is 29.2 Å². The van der Waals surface area contributed by atoms with Crippen LogP contribution in [0.15, 0.2) is 54.0 Å². The molecule has 0 saturated carbocycles. The lowest BCUT2D eigenvalue weighted by Crippen LogP contribution is -2.40. The van der Waals surface area contributed by atoms with E-state index in [9.17, 15) is 9.59 Å². The summed E-state index contributed by atoms with van der Waals surface area (Å²) >= 11 is 0. The number of carbonyl (C=O) groups excluding carboxylic acids is 1. The Bertz CT molecular complexity index is 1020. The molecule has 1 saturated heterocycles. The van der Waals surface area contributed by atoms with Crippen LogP contribution in [0.4, 0.5) is 0 Å². The van der Waals surface area contributed by atoms with E-state index in [1.165, 1.54) is 0 Å². The summed E-state index contributed by atoms with van der Waals surface area (Å²) in [6.07, 6.45) is 8.34. The predicted molar refractivity (Wildman–Crippen MR) is 104 cm³/mol. The molecule has 144 valence electrons. The smallest absolute Gasteiger partial charge is 0.272 e. The van der Waals surface area contributed by atoms with Gasteiger partial charge in [0, 0.05) is 56.9 Å². The van der Waals surface area contributed by atoms with Crippen molar-refractivity contribution in [2.75, 3.05) is 13.1 Å². The number of likely N-dealkylation sites (tertiary alicyclic amines) is 1. The standard InChI is InChI=1S/C20H22N6O2/c1-24-18(4-9-23-24)20(28)25-10-5-15(6-11-25)13-26-14-22-17(12-19(26)27)16-2-7-21-8-3-16/h2-4,7-9,12,14-15H,5-6,10-11,13H2,1H3. The second-order valence-electron chi connectivity index (χ2n) is 7.08. The molecular weight excluding hydrogens is 356 g/mol. The molecule has 0 unspecified atom stereocenters. The zero-order valence-corrected chi connectivity index (χ0v) is 15.7. The molecule has 0 aliphatic carbocycles. The minimum Gasteiger partial charge on any atom is -0.337 e. The van der Waals surface area contributed by atoms with Crippen molar-refractivity contribution in [2.45, 2.75) is 19.4 Å². The molecular formula is C20H22N6O2. The molecule has 0 spiro atoms. The lowest BCUT2D eigenvalue weighted by molar-refractivity contribution is 0.0671. The molecule has 0 N–H and O–H groups in total. The summed E-state index contributed by atoms with van der Waals surface area (Å²) in [4.78, 5) is 35.3. The van der Waals surface area contributed by atoms with Gasteiger partial charge < -0.3 is 4.90 Å². The van der Waals surface area contributed by atoms with Gasteiger partial charge in [0.1, 0.15) is 5.69 Å². The minimum absolute atomic E-state index is 0.0130. The molecule has 8 heteroatoms. The number of amides is 1. The normalized spacial score (nSPS) is 15.0. The molecule has 3 aromatic heterocycles. The maximum atomic E-state index is 12.6. The molecule has 3 aromatic rings. The average Bonchev–Trinajstić information content (AvgIpc) is 3.16. The van der Waals surface area contributed by atoms with Gasteiger partial charge in [-0.25, -0.2) is 4.98 Å². The average molecular weight is 378 g/mol. The van der Waals surface area contributed by atoms with E-state index in [1.807, 2.05) is 17.0 Å². The van der Waals surface area contributed by atoms with Gasteiger partial charge in [-0.1, -0.05) is 0 Å². The van der Waals surface area contributed by atoms with Crippen molar-refractivity contribution >= 4 is 5.91 Å². The molecule has 0 atom stereocenters. The molecule has 1 amide bonds. The van der Waals surface area contributed by atoms with Gasteiger partial charge in [0.05, 0.1) is 12.0 Å². The van der Waals surface area contributed by atoms with Crippen LogP contribution < -0.4 is 5.56 Å². The van der Waals surface area contributed by atoms with Crippen molar-refractivity contribution in [3.8, 4) is 11.3 Å². The molecule has 4 heterocycles. The first-order valence-electron chi connectivity index (χ1n) is 9.36. The Morgan fingerprint density at radius 3 is 2.54 bits per heavy atom. The van der Waals surface area contributed by atoms with E-state index in [1.54, 1.807) is 53.3 Å². The number of hydrogen-bond acceptors (Lipinski definition) is 5. The summed E-state index contributed by atoms with van der Waals surface area (Å²) in [6.45, 7) is 1.99. The van der Waals surface area contributed by atoms with Crippen LogP contribution in [0.25, 0.3) is 11.3 Å². The first-order chi connectivity index (χ1) is 13.6. The van der Waals surface area contributed by atoms with Gasteiger partial charge in [0.25, 0.3) is 11.5 Å². The van der Waals surface area contributed by atoms with E-state index < -0.39 is 0 Å². The SMILES string of the molecule is Cn1nccc1C(=O)N1CCC(Cn2cnc(-c3ccncc3)cc2=O)CC1. The number of nitrogens with zero attached hydrogens (tertiary/aromatic N) is 6. The van der Waals surface area contributed by atoms with Crippen LogP contribution in [0.3, 0.4) is 0 Å². The van der Waals surface area contributed by atoms with Gasteiger partial charge in [-0.3, -0.25) is 23.8 Å². The van der Waals surface area contributed by atoms with E-state index in [-0.39, 0.29) is 11.5 Å². The molecule has 1 fully saturated rings. The van der Waals surface area contributed by atoms with Crippen molar-refractivity contribution in [3.63, 3.8) is 0 Å². The number of carbonyl (C=O) groups is 1. The Labute approximate surface area is 162 Å². The number of pyridine rings is 1. The first kappa shape index (κ1) is 18.1. The third-order valence-corrected chi connectivity index (χ3v) is 5.25. The minimum atomic E-state index is -0.0600. The molecule has 0 aromatic carbocycles. The molecule has 8 nitrogen and oxygen atoms in total. The van der Waals surface area contributed by atoms with Crippen LogP contribution in [-0.4, -0.2) is 48.2 Å². The summed E-state index contributed by atoms with van der Waals surface area (Å²) in [5.41, 5.74) is 2.07. The van der Waals surface area contributed by atoms with Crippen molar-refractivity contribution in [3.05, 3.63) is 65.2 Å². The quantitative estimate of drug-likeness (QED) is 0.688. The second kappa shape index (κ2) is 7.75. The zero-order chi connectivity index (χ0) is 19.5. The fraction of sp³-hybridized carbons (Fsp3) is 0.350. The highest BCUT2D eigenvalue weighted by Crippen LogP contribution is 2.20. The Morgan fingerprint density at radius 1 is 1.14 bits per heavy atom. The van der Waals surface area contributed by atoms with E-state index in [4.69, 9.17) is 0 Å². The lowest BCUT2D eigenvalue weighted by atomic mass is 9.96. The van der Waals surface area contributed by atoms with Crippen molar-refractivity contribution in [2.24, 2.45) is 13.0 Å². The first-order valence-corrected chi connectivity index (χ1v) is 9.36. The Kier molecular flexibility index (Phi) is 5.01. The van der Waals surface area contributed by atoms with Gasteiger partial charge in [-0.2, -0.15) is 5.10 Å². The highest BCUT2D eigenvalue weighted by Gasteiger charge is 2.25. The summed E-state index contributed by atoms with van der Waals surface area (Å²) in [6, 6.07) is 6.97. The number of piperidine rings is 1. The van der Waals surface area contributed by atoms with E-state index >= 15 is 0 Å². The Balaban J connectivity index is 1.38. The molecule has 28 heavy (non-hydrogen) atoms. The summed E-state index contributed by atoms with van der Waals surface area (Å²) in [7, 11) is 1.77. The Hall–Kier alpha value is -3.29. The molecule has 0 bridgehead atoms. The highest BCUT2D eigenvalue weighted by atomic mass is 16.2. The van der Waals surface area contributed by atoms with E-state index in [0.717, 1.165) is 18.4 Å². The maximum Gasteiger partial charge on any atom is 0.272 e. The molecule has 1 aliphatic heterocycles. The van der Waals surface area contributed by atoms with Crippen LogP contribution in [-0.2, 0) is 13.6 Å². The van der Waals surface area contributed by atoms with Crippen molar-refractivity contribution < 1.29 is 4.79 Å². The third-order valence-electron chi connectivity index (χ3n) is 5.25. The number of aromatic nitrogens is 5. The second-order valence-corrected chi connectivity index (χ2v) is 7.08. The van der Waals surface area contributed by atoms with Gasteiger partial charge in [-0.05, 0) is 37.0 Å². The van der Waals surface area contributed by atoms with Gasteiger partial charge in [0.2, 0.25) is 0 Å². The van der Waals surface area contributed by atoms with Crippen LogP contribution in [0.2, 0.25) is 0 Å². The summed E-state index contributed by atoms with van der Waals surface area (Å²) in [5, 5.41) is 4.06. The molecule has 4 rings (SSSR count). The van der Waals surface area contributed by atoms with Crippen molar-refractivity contribution in [1.29, 1.82) is 0 Å². The van der Waals surface area contributed by atoms with E-state index in [0.29, 0.717) is 36.9 Å². The monoisotopic (exact) mass is 378 g/mol. The fourth-order valence-corrected chi connectivity index (χ4v) is 3.59. The van der Waals surface area contributed by atoms with Crippen LogP contribution in [0.5, 0.6) is 0 Å². The topological polar surface area (TPSA) is 85.9 Å². The predicted octanol–water partition coefficient (Wildman–Crippen LogP) is 1.59. The van der Waals surface area contributed by atoms with Gasteiger partial charge >= 0.3 is 0 Å². The van der Waals surface area contributed by atoms with Crippen LogP contribution >= 0.6 is 0 Å². The number of hydrogen-bond donors (Lipinski definition) is 0. The maximum absolute atomic E-state index is 12.6. The molecule has 1 aliphatic rings. The van der Waals surface area contributed by atoms with Gasteiger partial charge in [-0.15, -0.1) is 0 Å². The molecule has 0 radical (unpaired) electrons. The van der Waals surface area contributed by atoms with Crippen LogP contribution in [0, 0.1) is 5.92 Å². The number of rotatable bonds is 4. The Morgan fingerprint density at radius 2 is 1.89 bits per heavy atom. The highest BCUT2D eigenvalue weighted by molar-refractivity contribution is 5.92. The van der Waals surface area contributed by atoms with Crippen LogP contribution in [0.1, 0.15) is 23.3 Å². The summed E-state index contributed by atoms with van der Waals surface area (Å²) in [5.74, 6) is 0.362. The third kappa shape index (κ3) is 3.71. The fourth-order valence-electron chi connectivity index (χ4n) is 3.59. The van der Waals surface area contributed by atoms with Gasteiger partial charge in [0.15, 0.2) is 0 Å². The largest absolute Gasteiger partial charge is 0.337 e. The lowest BCUT2D eigenvalue weighted by Gasteiger charge is -2.32. The zero-order valence-electron chi connectivity index (χ0n) is 15.7. The van der Waals surface area contributed by atoms with E-state index in [2.05, 4.69) is 15.1 Å². The summed E-state index contributed by atoms with van der Waals surface area (Å²) < 4.78 is 3.26.